The number of nitrogens with one attached hydrogen (secondary N) is 1. The lowest BCUT2D eigenvalue weighted by molar-refractivity contribution is -0.176. The van der Waals surface area contributed by atoms with E-state index in [9.17, 15) is 9.18 Å². The van der Waals surface area contributed by atoms with Gasteiger partial charge in [-0.1, -0.05) is 25.0 Å². The van der Waals surface area contributed by atoms with Crippen LogP contribution >= 0.6 is 0 Å². The van der Waals surface area contributed by atoms with Crippen LogP contribution in [0.2, 0.25) is 0 Å². The van der Waals surface area contributed by atoms with Crippen molar-refractivity contribution in [3.8, 4) is 5.88 Å². The van der Waals surface area contributed by atoms with Crippen molar-refractivity contribution < 1.29 is 18.7 Å². The van der Waals surface area contributed by atoms with Crippen molar-refractivity contribution in [2.45, 2.75) is 72.3 Å². The Kier molecular flexibility index (Phi) is 7.10. The van der Waals surface area contributed by atoms with E-state index in [0.29, 0.717) is 24.3 Å². The second-order valence-electron chi connectivity index (χ2n) is 9.86. The number of halogens is 1. The minimum absolute atomic E-state index is 0.183. The van der Waals surface area contributed by atoms with Gasteiger partial charge in [-0.15, -0.1) is 0 Å². The standard InChI is InChI=1S/C26H34FN3O3/c1-6-17-8-9-18(13-20(27)22(17)23(28)29)19-14-30-21(12-16(19)2)32-15-26(10-7-11-26)24(31)33-25(3,4)5/h9,12-14H,6-8,10-11,15H2,1-5H3,(H3,28,29). The average Bonchev–Trinajstić information content (AvgIpc) is 2.84. The van der Waals surface area contributed by atoms with Gasteiger partial charge in [0, 0.05) is 17.8 Å². The summed E-state index contributed by atoms with van der Waals surface area (Å²) in [6, 6.07) is 1.80. The van der Waals surface area contributed by atoms with Crippen molar-refractivity contribution in [2.24, 2.45) is 11.1 Å². The number of ether oxygens (including phenoxy) is 2. The number of aryl methyl sites for hydroxylation is 1. The van der Waals surface area contributed by atoms with E-state index < -0.39 is 16.8 Å². The molecule has 6 nitrogen and oxygen atoms in total. The maximum atomic E-state index is 14.9. The molecule has 0 radical (unpaired) electrons. The molecule has 1 aromatic rings. The van der Waals surface area contributed by atoms with Crippen molar-refractivity contribution in [3.05, 3.63) is 52.5 Å². The Morgan fingerprint density at radius 1 is 1.33 bits per heavy atom. The van der Waals surface area contributed by atoms with E-state index in [1.54, 1.807) is 12.3 Å². The molecule has 1 heterocycles. The van der Waals surface area contributed by atoms with Crippen LogP contribution in [0, 0.1) is 17.7 Å². The Balaban J connectivity index is 1.76. The summed E-state index contributed by atoms with van der Waals surface area (Å²) in [4.78, 5) is 17.1. The van der Waals surface area contributed by atoms with Crippen LogP contribution in [0.25, 0.3) is 5.57 Å². The lowest BCUT2D eigenvalue weighted by atomic mass is 9.69. The Morgan fingerprint density at radius 2 is 2.03 bits per heavy atom. The molecule has 33 heavy (non-hydrogen) atoms. The second-order valence-corrected chi connectivity index (χ2v) is 9.86. The molecule has 0 bridgehead atoms. The van der Waals surface area contributed by atoms with Crippen molar-refractivity contribution in [1.29, 1.82) is 5.41 Å². The molecule has 1 aromatic heterocycles. The lowest BCUT2D eigenvalue weighted by Gasteiger charge is -2.40. The summed E-state index contributed by atoms with van der Waals surface area (Å²) in [7, 11) is 0. The van der Waals surface area contributed by atoms with Crippen LogP contribution in [-0.4, -0.2) is 29.0 Å². The molecule has 0 saturated heterocycles. The van der Waals surface area contributed by atoms with Crippen LogP contribution in [0.15, 0.2) is 41.4 Å². The molecule has 0 spiro atoms. The Hall–Kier alpha value is -2.96. The van der Waals surface area contributed by atoms with Crippen LogP contribution in [-0.2, 0) is 9.53 Å². The van der Waals surface area contributed by atoms with Gasteiger partial charge in [-0.05, 0) is 70.6 Å². The number of carbonyl (C=O) groups excluding carboxylic acids is 1. The third-order valence-corrected chi connectivity index (χ3v) is 6.17. The van der Waals surface area contributed by atoms with Gasteiger partial charge in [-0.3, -0.25) is 10.2 Å². The van der Waals surface area contributed by atoms with Gasteiger partial charge in [-0.25, -0.2) is 9.37 Å². The first-order valence-electron chi connectivity index (χ1n) is 11.4. The predicted octanol–water partition coefficient (Wildman–Crippen LogP) is 5.56. The molecule has 0 atom stereocenters. The largest absolute Gasteiger partial charge is 0.476 e. The SMILES string of the molecule is CCC1=C(C(=N)N)C(F)=CC(c2cnc(OCC3(C(=O)OC(C)(C)C)CCC3)cc2C)=CC1. The lowest BCUT2D eigenvalue weighted by Crippen LogP contribution is -2.46. The molecular formula is C26H34FN3O3. The summed E-state index contributed by atoms with van der Waals surface area (Å²) in [5, 5.41) is 7.74. The van der Waals surface area contributed by atoms with Crippen LogP contribution in [0.4, 0.5) is 4.39 Å². The first-order valence-corrected chi connectivity index (χ1v) is 11.4. The highest BCUT2D eigenvalue weighted by Gasteiger charge is 2.47. The Morgan fingerprint density at radius 3 is 2.55 bits per heavy atom. The molecule has 7 heteroatoms. The molecule has 2 aliphatic rings. The number of pyridine rings is 1. The third kappa shape index (κ3) is 5.52. The monoisotopic (exact) mass is 455 g/mol. The van der Waals surface area contributed by atoms with E-state index in [4.69, 9.17) is 20.6 Å². The van der Waals surface area contributed by atoms with Crippen molar-refractivity contribution in [3.63, 3.8) is 0 Å². The highest BCUT2D eigenvalue weighted by atomic mass is 19.1. The topological polar surface area (TPSA) is 98.3 Å². The molecule has 0 unspecified atom stereocenters. The number of esters is 1. The summed E-state index contributed by atoms with van der Waals surface area (Å²) >= 11 is 0. The van der Waals surface area contributed by atoms with Gasteiger partial charge in [0.05, 0.1) is 5.57 Å². The smallest absolute Gasteiger partial charge is 0.316 e. The fourth-order valence-corrected chi connectivity index (χ4v) is 4.12. The summed E-state index contributed by atoms with van der Waals surface area (Å²) in [6.07, 6.45) is 8.58. The average molecular weight is 456 g/mol. The zero-order valence-electron chi connectivity index (χ0n) is 20.2. The van der Waals surface area contributed by atoms with Crippen LogP contribution < -0.4 is 10.5 Å². The van der Waals surface area contributed by atoms with Crippen LogP contribution in [0.1, 0.15) is 70.9 Å². The fourth-order valence-electron chi connectivity index (χ4n) is 4.12. The maximum absolute atomic E-state index is 14.9. The summed E-state index contributed by atoms with van der Waals surface area (Å²) < 4.78 is 26.4. The van der Waals surface area contributed by atoms with Crippen molar-refractivity contribution >= 4 is 17.4 Å². The van der Waals surface area contributed by atoms with Gasteiger partial charge >= 0.3 is 5.97 Å². The Labute approximate surface area is 195 Å². The summed E-state index contributed by atoms with van der Waals surface area (Å²) in [5.41, 5.74) is 7.79. The number of hydrogen-bond acceptors (Lipinski definition) is 5. The molecule has 3 N–H and O–H groups in total. The van der Waals surface area contributed by atoms with Crippen molar-refractivity contribution in [1.82, 2.24) is 4.98 Å². The molecule has 1 fully saturated rings. The maximum Gasteiger partial charge on any atom is 0.316 e. The highest BCUT2D eigenvalue weighted by Crippen LogP contribution is 2.43. The third-order valence-electron chi connectivity index (χ3n) is 6.17. The van der Waals surface area contributed by atoms with E-state index in [1.807, 2.05) is 40.7 Å². The number of allylic oxidation sites excluding steroid dienone is 4. The number of amidine groups is 1. The van der Waals surface area contributed by atoms with Gasteiger partial charge in [0.2, 0.25) is 5.88 Å². The van der Waals surface area contributed by atoms with E-state index >= 15 is 0 Å². The van der Waals surface area contributed by atoms with Gasteiger partial charge in [-0.2, -0.15) is 0 Å². The van der Waals surface area contributed by atoms with E-state index in [1.165, 1.54) is 6.08 Å². The van der Waals surface area contributed by atoms with Crippen LogP contribution in [0.3, 0.4) is 0 Å². The number of hydrogen-bond donors (Lipinski definition) is 2. The minimum Gasteiger partial charge on any atom is -0.476 e. The molecular weight excluding hydrogens is 421 g/mol. The first kappa shape index (κ1) is 24.7. The summed E-state index contributed by atoms with van der Waals surface area (Å²) in [5.74, 6) is -0.572. The molecule has 3 rings (SSSR count). The number of aromatic nitrogens is 1. The zero-order chi connectivity index (χ0) is 24.4. The second kappa shape index (κ2) is 9.49. The zero-order valence-corrected chi connectivity index (χ0v) is 20.2. The van der Waals surface area contributed by atoms with Crippen LogP contribution in [0.5, 0.6) is 5.88 Å². The quantitative estimate of drug-likeness (QED) is 0.318. The number of rotatable bonds is 7. The molecule has 0 aliphatic heterocycles. The van der Waals surface area contributed by atoms with Gasteiger partial charge in [0.1, 0.15) is 29.3 Å². The van der Waals surface area contributed by atoms with Gasteiger partial charge in [0.15, 0.2) is 0 Å². The predicted molar refractivity (Wildman–Crippen MR) is 128 cm³/mol. The van der Waals surface area contributed by atoms with Gasteiger partial charge < -0.3 is 15.2 Å². The molecule has 0 aromatic carbocycles. The minimum atomic E-state index is -0.622. The van der Waals surface area contributed by atoms with E-state index in [2.05, 4.69) is 4.98 Å². The first-order chi connectivity index (χ1) is 15.5. The Bertz CT molecular complexity index is 1040. The van der Waals surface area contributed by atoms with E-state index in [-0.39, 0.29) is 24.0 Å². The number of nitrogens with two attached hydrogens (primary N) is 1. The molecule has 1 saturated carbocycles. The summed E-state index contributed by atoms with van der Waals surface area (Å²) in [6.45, 7) is 9.64. The number of nitrogens with zero attached hydrogens (tertiary/aromatic N) is 1. The van der Waals surface area contributed by atoms with Crippen molar-refractivity contribution in [2.75, 3.05) is 6.61 Å². The van der Waals surface area contributed by atoms with Gasteiger partial charge in [0.25, 0.3) is 0 Å². The normalized spacial score (nSPS) is 18.0. The number of carbonyl (C=O) groups is 1. The molecule has 178 valence electrons. The fraction of sp³-hybridized carbons (Fsp3) is 0.500. The van der Waals surface area contributed by atoms with E-state index in [0.717, 1.165) is 36.0 Å². The molecule has 0 amide bonds. The molecule has 2 aliphatic carbocycles. The highest BCUT2D eigenvalue weighted by molar-refractivity contribution is 6.00.